The lowest BCUT2D eigenvalue weighted by Gasteiger charge is -2.43. The SMILES string of the molecule is Cc1ccc(-n2cnc(Nc3cc(F)cc(N4CCN(C5COC5)CC4)c3)n2)cc1F. The highest BCUT2D eigenvalue weighted by atomic mass is 19.1. The monoisotopic (exact) mass is 426 g/mol. The predicted octanol–water partition coefficient (Wildman–Crippen LogP) is 3.12. The van der Waals surface area contributed by atoms with Gasteiger partial charge in [-0.2, -0.15) is 4.98 Å². The fourth-order valence-electron chi connectivity index (χ4n) is 3.91. The van der Waals surface area contributed by atoms with Gasteiger partial charge in [-0.1, -0.05) is 6.07 Å². The first-order chi connectivity index (χ1) is 15.0. The number of rotatable bonds is 5. The number of nitrogens with one attached hydrogen (secondary N) is 1. The summed E-state index contributed by atoms with van der Waals surface area (Å²) in [5.74, 6) is -0.315. The van der Waals surface area contributed by atoms with Crippen LogP contribution in [0.1, 0.15) is 5.56 Å². The van der Waals surface area contributed by atoms with Crippen LogP contribution >= 0.6 is 0 Å². The van der Waals surface area contributed by atoms with E-state index in [-0.39, 0.29) is 11.6 Å². The van der Waals surface area contributed by atoms with Crippen LogP contribution in [-0.2, 0) is 4.74 Å². The molecular formula is C22H24F2N6O. The normalized spacial score (nSPS) is 17.6. The number of aromatic nitrogens is 3. The summed E-state index contributed by atoms with van der Waals surface area (Å²) < 4.78 is 34.9. The van der Waals surface area contributed by atoms with Crippen LogP contribution in [0.5, 0.6) is 0 Å². The molecule has 0 spiro atoms. The fourth-order valence-corrected chi connectivity index (χ4v) is 3.91. The van der Waals surface area contributed by atoms with Gasteiger partial charge in [0, 0.05) is 37.6 Å². The summed E-state index contributed by atoms with van der Waals surface area (Å²) >= 11 is 0. The topological polar surface area (TPSA) is 58.5 Å². The van der Waals surface area contributed by atoms with E-state index in [4.69, 9.17) is 4.74 Å². The third kappa shape index (κ3) is 4.24. The van der Waals surface area contributed by atoms with Crippen molar-refractivity contribution in [1.82, 2.24) is 19.7 Å². The van der Waals surface area contributed by atoms with Crippen molar-refractivity contribution >= 4 is 17.3 Å². The average molecular weight is 426 g/mol. The van der Waals surface area contributed by atoms with Gasteiger partial charge < -0.3 is 15.0 Å². The molecule has 0 aliphatic carbocycles. The Morgan fingerprint density at radius 3 is 2.52 bits per heavy atom. The second-order valence-electron chi connectivity index (χ2n) is 7.98. The molecule has 0 bridgehead atoms. The summed E-state index contributed by atoms with van der Waals surface area (Å²) in [6.45, 7) is 6.87. The minimum atomic E-state index is -0.324. The lowest BCUT2D eigenvalue weighted by atomic mass is 10.1. The number of hydrogen-bond donors (Lipinski definition) is 1. The molecule has 9 heteroatoms. The Labute approximate surface area is 179 Å². The molecule has 2 aromatic carbocycles. The van der Waals surface area contributed by atoms with Crippen molar-refractivity contribution in [1.29, 1.82) is 0 Å². The maximum Gasteiger partial charge on any atom is 0.246 e. The first-order valence-electron chi connectivity index (χ1n) is 10.4. The quantitative estimate of drug-likeness (QED) is 0.677. The second kappa shape index (κ2) is 8.24. The molecule has 0 unspecified atom stereocenters. The van der Waals surface area contributed by atoms with Gasteiger partial charge in [-0.05, 0) is 42.8 Å². The Morgan fingerprint density at radius 2 is 1.81 bits per heavy atom. The van der Waals surface area contributed by atoms with Gasteiger partial charge in [0.05, 0.1) is 24.9 Å². The molecule has 1 N–H and O–H groups in total. The number of ether oxygens (including phenoxy) is 1. The van der Waals surface area contributed by atoms with Crippen LogP contribution < -0.4 is 10.2 Å². The van der Waals surface area contributed by atoms with Gasteiger partial charge in [0.15, 0.2) is 0 Å². The van der Waals surface area contributed by atoms with Crippen LogP contribution in [0.2, 0.25) is 0 Å². The van der Waals surface area contributed by atoms with Crippen LogP contribution in [0.3, 0.4) is 0 Å². The highest BCUT2D eigenvalue weighted by molar-refractivity contribution is 5.62. The van der Waals surface area contributed by atoms with E-state index in [0.29, 0.717) is 28.9 Å². The summed E-state index contributed by atoms with van der Waals surface area (Å²) in [7, 11) is 0. The standard InChI is InChI=1S/C22H24F2N6O/c1-15-2-3-18(11-21(15)24)30-14-25-22(27-30)26-17-8-16(23)9-19(10-17)28-4-6-29(7-5-28)20-12-31-13-20/h2-3,8-11,14,20H,4-7,12-13H2,1H3,(H,26,27). The maximum atomic E-state index is 14.3. The van der Waals surface area contributed by atoms with Crippen LogP contribution in [-0.4, -0.2) is 65.1 Å². The minimum absolute atomic E-state index is 0.304. The summed E-state index contributed by atoms with van der Waals surface area (Å²) in [4.78, 5) is 8.84. The van der Waals surface area contributed by atoms with Gasteiger partial charge >= 0.3 is 0 Å². The van der Waals surface area contributed by atoms with Gasteiger partial charge in [0.25, 0.3) is 0 Å². The number of benzene rings is 2. The van der Waals surface area contributed by atoms with E-state index in [1.54, 1.807) is 25.1 Å². The Kier molecular flexibility index (Phi) is 5.29. The number of nitrogens with zero attached hydrogens (tertiary/aromatic N) is 5. The summed E-state index contributed by atoms with van der Waals surface area (Å²) in [6, 6.07) is 10.3. The highest BCUT2D eigenvalue weighted by Crippen LogP contribution is 2.26. The van der Waals surface area contributed by atoms with E-state index >= 15 is 0 Å². The molecule has 0 amide bonds. The molecule has 0 atom stereocenters. The van der Waals surface area contributed by atoms with E-state index in [1.165, 1.54) is 23.1 Å². The Morgan fingerprint density at radius 1 is 1.00 bits per heavy atom. The molecule has 162 valence electrons. The third-order valence-electron chi connectivity index (χ3n) is 5.87. The molecule has 31 heavy (non-hydrogen) atoms. The lowest BCUT2D eigenvalue weighted by Crippen LogP contribution is -2.56. The van der Waals surface area contributed by atoms with E-state index in [9.17, 15) is 8.78 Å². The minimum Gasteiger partial charge on any atom is -0.378 e. The molecule has 7 nitrogen and oxygen atoms in total. The van der Waals surface area contributed by atoms with E-state index in [0.717, 1.165) is 45.1 Å². The van der Waals surface area contributed by atoms with Crippen molar-refractivity contribution < 1.29 is 13.5 Å². The van der Waals surface area contributed by atoms with Crippen LogP contribution in [0.25, 0.3) is 5.69 Å². The Balaban J connectivity index is 1.28. The highest BCUT2D eigenvalue weighted by Gasteiger charge is 2.29. The van der Waals surface area contributed by atoms with Gasteiger partial charge in [0.1, 0.15) is 18.0 Å². The summed E-state index contributed by atoms with van der Waals surface area (Å²) in [5, 5.41) is 7.39. The van der Waals surface area contributed by atoms with Crippen molar-refractivity contribution in [3.05, 3.63) is 59.9 Å². The Hall–Kier alpha value is -3.04. The number of aryl methyl sites for hydroxylation is 1. The molecule has 0 saturated carbocycles. The third-order valence-corrected chi connectivity index (χ3v) is 5.87. The number of piperazine rings is 1. The van der Waals surface area contributed by atoms with Crippen LogP contribution in [0, 0.1) is 18.6 Å². The largest absolute Gasteiger partial charge is 0.378 e. The van der Waals surface area contributed by atoms with Crippen LogP contribution in [0.4, 0.5) is 26.1 Å². The zero-order valence-corrected chi connectivity index (χ0v) is 17.3. The average Bonchev–Trinajstić information content (AvgIpc) is 3.17. The van der Waals surface area contributed by atoms with E-state index in [1.807, 2.05) is 6.07 Å². The first kappa shape index (κ1) is 19.9. The number of anilines is 3. The summed E-state index contributed by atoms with van der Waals surface area (Å²) in [6.07, 6.45) is 1.50. The fraction of sp³-hybridized carbons (Fsp3) is 0.364. The number of halogens is 2. The van der Waals surface area contributed by atoms with Crippen molar-refractivity contribution in [3.8, 4) is 5.69 Å². The molecule has 1 aromatic heterocycles. The number of hydrogen-bond acceptors (Lipinski definition) is 6. The smallest absolute Gasteiger partial charge is 0.246 e. The zero-order chi connectivity index (χ0) is 21.4. The molecule has 2 saturated heterocycles. The first-order valence-corrected chi connectivity index (χ1v) is 10.4. The molecule has 3 heterocycles. The van der Waals surface area contributed by atoms with Crippen molar-refractivity contribution in [2.45, 2.75) is 13.0 Å². The summed E-state index contributed by atoms with van der Waals surface area (Å²) in [5.41, 5.74) is 2.53. The molecule has 0 radical (unpaired) electrons. The van der Waals surface area contributed by atoms with E-state index in [2.05, 4.69) is 25.2 Å². The van der Waals surface area contributed by atoms with Gasteiger partial charge in [0.2, 0.25) is 5.95 Å². The molecule has 2 fully saturated rings. The van der Waals surface area contributed by atoms with Crippen molar-refractivity contribution in [3.63, 3.8) is 0 Å². The van der Waals surface area contributed by atoms with Gasteiger partial charge in [-0.25, -0.2) is 13.5 Å². The van der Waals surface area contributed by atoms with Gasteiger partial charge in [-0.3, -0.25) is 4.90 Å². The second-order valence-corrected chi connectivity index (χ2v) is 7.98. The maximum absolute atomic E-state index is 14.3. The Bertz CT molecular complexity index is 1080. The molecule has 2 aliphatic rings. The predicted molar refractivity (Wildman–Crippen MR) is 114 cm³/mol. The zero-order valence-electron chi connectivity index (χ0n) is 17.3. The molecular weight excluding hydrogens is 402 g/mol. The van der Waals surface area contributed by atoms with Crippen LogP contribution in [0.15, 0.2) is 42.7 Å². The molecule has 3 aromatic rings. The van der Waals surface area contributed by atoms with E-state index < -0.39 is 0 Å². The van der Waals surface area contributed by atoms with Crippen molar-refractivity contribution in [2.75, 3.05) is 49.6 Å². The van der Waals surface area contributed by atoms with Gasteiger partial charge in [-0.15, -0.1) is 5.10 Å². The molecule has 5 rings (SSSR count). The van der Waals surface area contributed by atoms with Crippen molar-refractivity contribution in [2.24, 2.45) is 0 Å². The lowest BCUT2D eigenvalue weighted by molar-refractivity contribution is -0.0660. The molecule has 2 aliphatic heterocycles.